The van der Waals surface area contributed by atoms with Crippen molar-refractivity contribution in [3.05, 3.63) is 57.5 Å². The second-order valence-corrected chi connectivity index (χ2v) is 5.10. The Morgan fingerprint density at radius 1 is 0.688 bits per heavy atom. The topological polar surface area (TPSA) is 24.1 Å². The minimum atomic E-state index is 1.01. The van der Waals surface area contributed by atoms with Gasteiger partial charge in [0.2, 0.25) is 0 Å². The molecule has 0 atom stereocenters. The van der Waals surface area contributed by atoms with E-state index in [0.717, 1.165) is 20.3 Å². The Hall–Kier alpha value is -1.00. The number of halogens is 2. The zero-order valence-electron chi connectivity index (χ0n) is 8.37. The standard InChI is InChI=1S/C12H10Br2N2/c13-9-3-1-5-11(7-9)15-16-12-6-2-4-10(14)8-12/h1-8,15-16H. The number of hydrazine groups is 1. The highest BCUT2D eigenvalue weighted by Crippen LogP contribution is 2.18. The highest BCUT2D eigenvalue weighted by atomic mass is 79.9. The first-order chi connectivity index (χ1) is 7.74. The van der Waals surface area contributed by atoms with Crippen LogP contribution < -0.4 is 10.9 Å². The molecule has 0 aromatic heterocycles. The van der Waals surface area contributed by atoms with Gasteiger partial charge in [0.1, 0.15) is 0 Å². The Labute approximate surface area is 111 Å². The highest BCUT2D eigenvalue weighted by Gasteiger charge is 1.94. The minimum absolute atomic E-state index is 1.01. The van der Waals surface area contributed by atoms with Gasteiger partial charge < -0.3 is 10.9 Å². The fourth-order valence-electron chi connectivity index (χ4n) is 1.28. The van der Waals surface area contributed by atoms with Gasteiger partial charge in [-0.2, -0.15) is 0 Å². The summed E-state index contributed by atoms with van der Waals surface area (Å²) in [6, 6.07) is 15.9. The van der Waals surface area contributed by atoms with Gasteiger partial charge in [-0.3, -0.25) is 0 Å². The van der Waals surface area contributed by atoms with E-state index in [1.54, 1.807) is 0 Å². The van der Waals surface area contributed by atoms with Gasteiger partial charge in [-0.25, -0.2) is 0 Å². The van der Waals surface area contributed by atoms with Crippen LogP contribution in [0.25, 0.3) is 0 Å². The lowest BCUT2D eigenvalue weighted by molar-refractivity contribution is 1.40. The molecule has 2 rings (SSSR count). The van der Waals surface area contributed by atoms with E-state index in [9.17, 15) is 0 Å². The van der Waals surface area contributed by atoms with Crippen LogP contribution in [0.3, 0.4) is 0 Å². The van der Waals surface area contributed by atoms with E-state index in [-0.39, 0.29) is 0 Å². The predicted molar refractivity (Wildman–Crippen MR) is 75.5 cm³/mol. The summed E-state index contributed by atoms with van der Waals surface area (Å²) < 4.78 is 2.10. The van der Waals surface area contributed by atoms with Gasteiger partial charge >= 0.3 is 0 Å². The molecular formula is C12H10Br2N2. The molecule has 0 aliphatic rings. The molecule has 0 amide bonds. The predicted octanol–water partition coefficient (Wildman–Crippen LogP) is 4.65. The van der Waals surface area contributed by atoms with Crippen molar-refractivity contribution in [3.63, 3.8) is 0 Å². The number of anilines is 2. The summed E-state index contributed by atoms with van der Waals surface area (Å²) in [6.45, 7) is 0. The van der Waals surface area contributed by atoms with Crippen molar-refractivity contribution in [2.45, 2.75) is 0 Å². The van der Waals surface area contributed by atoms with Crippen LogP contribution in [0.5, 0.6) is 0 Å². The molecule has 0 radical (unpaired) electrons. The molecule has 0 aliphatic heterocycles. The fraction of sp³-hybridized carbons (Fsp3) is 0. The quantitative estimate of drug-likeness (QED) is 0.794. The summed E-state index contributed by atoms with van der Waals surface area (Å²) in [7, 11) is 0. The average Bonchev–Trinajstić information content (AvgIpc) is 2.27. The van der Waals surface area contributed by atoms with Crippen LogP contribution in [0.1, 0.15) is 0 Å². The highest BCUT2D eigenvalue weighted by molar-refractivity contribution is 9.10. The van der Waals surface area contributed by atoms with Crippen LogP contribution in [0.2, 0.25) is 0 Å². The minimum Gasteiger partial charge on any atom is -0.301 e. The molecule has 2 N–H and O–H groups in total. The van der Waals surface area contributed by atoms with Crippen molar-refractivity contribution in [1.82, 2.24) is 0 Å². The lowest BCUT2D eigenvalue weighted by Crippen LogP contribution is -2.08. The van der Waals surface area contributed by atoms with Crippen LogP contribution in [-0.2, 0) is 0 Å². The van der Waals surface area contributed by atoms with Crippen LogP contribution in [0.4, 0.5) is 11.4 Å². The lowest BCUT2D eigenvalue weighted by atomic mass is 10.3. The summed E-state index contributed by atoms with van der Waals surface area (Å²) in [5, 5.41) is 0. The fourth-order valence-corrected chi connectivity index (χ4v) is 2.08. The molecule has 0 saturated heterocycles. The van der Waals surface area contributed by atoms with E-state index in [1.807, 2.05) is 48.5 Å². The van der Waals surface area contributed by atoms with Crippen molar-refractivity contribution in [3.8, 4) is 0 Å². The van der Waals surface area contributed by atoms with Gasteiger partial charge in [-0.1, -0.05) is 44.0 Å². The van der Waals surface area contributed by atoms with Gasteiger partial charge in [-0.05, 0) is 36.4 Å². The second-order valence-electron chi connectivity index (χ2n) is 3.27. The number of hydrogen-bond acceptors (Lipinski definition) is 2. The first-order valence-electron chi connectivity index (χ1n) is 4.77. The number of nitrogens with one attached hydrogen (secondary N) is 2. The van der Waals surface area contributed by atoms with Gasteiger partial charge in [0, 0.05) is 8.95 Å². The van der Waals surface area contributed by atoms with E-state index in [4.69, 9.17) is 0 Å². The molecule has 0 saturated carbocycles. The molecule has 0 fully saturated rings. The van der Waals surface area contributed by atoms with E-state index >= 15 is 0 Å². The van der Waals surface area contributed by atoms with Crippen LogP contribution in [0.15, 0.2) is 57.5 Å². The Morgan fingerprint density at radius 3 is 1.50 bits per heavy atom. The average molecular weight is 342 g/mol. The maximum atomic E-state index is 3.42. The summed E-state index contributed by atoms with van der Waals surface area (Å²) in [5.41, 5.74) is 8.27. The lowest BCUT2D eigenvalue weighted by Gasteiger charge is -2.10. The van der Waals surface area contributed by atoms with Gasteiger partial charge in [0.05, 0.1) is 11.4 Å². The normalized spacial score (nSPS) is 9.88. The zero-order valence-corrected chi connectivity index (χ0v) is 11.5. The molecule has 0 aliphatic carbocycles. The largest absolute Gasteiger partial charge is 0.301 e. The smallest absolute Gasteiger partial charge is 0.0551 e. The van der Waals surface area contributed by atoms with E-state index in [2.05, 4.69) is 42.7 Å². The SMILES string of the molecule is Brc1cccc(NNc2cccc(Br)c2)c1. The molecule has 0 bridgehead atoms. The van der Waals surface area contributed by atoms with E-state index in [0.29, 0.717) is 0 Å². The summed E-state index contributed by atoms with van der Waals surface area (Å²) in [5.74, 6) is 0. The molecule has 0 spiro atoms. The Kier molecular flexibility index (Phi) is 3.85. The van der Waals surface area contributed by atoms with E-state index < -0.39 is 0 Å². The maximum Gasteiger partial charge on any atom is 0.0551 e. The summed E-state index contributed by atoms with van der Waals surface area (Å²) in [6.07, 6.45) is 0. The molecule has 2 nitrogen and oxygen atoms in total. The first-order valence-corrected chi connectivity index (χ1v) is 6.36. The van der Waals surface area contributed by atoms with Crippen LogP contribution in [0, 0.1) is 0 Å². The number of rotatable bonds is 3. The Balaban J connectivity index is 2.02. The molecule has 16 heavy (non-hydrogen) atoms. The van der Waals surface area contributed by atoms with Crippen molar-refractivity contribution in [1.29, 1.82) is 0 Å². The second kappa shape index (κ2) is 5.37. The third kappa shape index (κ3) is 3.25. The monoisotopic (exact) mass is 340 g/mol. The van der Waals surface area contributed by atoms with Gasteiger partial charge in [-0.15, -0.1) is 0 Å². The summed E-state index contributed by atoms with van der Waals surface area (Å²) in [4.78, 5) is 0. The van der Waals surface area contributed by atoms with Crippen molar-refractivity contribution in [2.75, 3.05) is 10.9 Å². The number of benzene rings is 2. The Morgan fingerprint density at radius 2 is 1.12 bits per heavy atom. The zero-order chi connectivity index (χ0) is 11.4. The van der Waals surface area contributed by atoms with Crippen molar-refractivity contribution in [2.24, 2.45) is 0 Å². The first kappa shape index (κ1) is 11.5. The summed E-state index contributed by atoms with van der Waals surface area (Å²) >= 11 is 6.85. The molecule has 0 unspecified atom stereocenters. The maximum absolute atomic E-state index is 3.42. The molecule has 0 heterocycles. The molecule has 2 aromatic carbocycles. The van der Waals surface area contributed by atoms with Gasteiger partial charge in [0.25, 0.3) is 0 Å². The Bertz CT molecular complexity index is 440. The molecule has 4 heteroatoms. The van der Waals surface area contributed by atoms with E-state index in [1.165, 1.54) is 0 Å². The molecule has 2 aromatic rings. The van der Waals surface area contributed by atoms with Gasteiger partial charge in [0.15, 0.2) is 0 Å². The van der Waals surface area contributed by atoms with Crippen LogP contribution in [-0.4, -0.2) is 0 Å². The van der Waals surface area contributed by atoms with Crippen LogP contribution >= 0.6 is 31.9 Å². The van der Waals surface area contributed by atoms with Crippen molar-refractivity contribution < 1.29 is 0 Å². The third-order valence-corrected chi connectivity index (χ3v) is 2.99. The third-order valence-electron chi connectivity index (χ3n) is 2.00. The van der Waals surface area contributed by atoms with Crippen molar-refractivity contribution >= 4 is 43.2 Å². The molecular weight excluding hydrogens is 332 g/mol. The number of hydrogen-bond donors (Lipinski definition) is 2. The molecule has 82 valence electrons.